The van der Waals surface area contributed by atoms with E-state index in [1.807, 2.05) is 4.68 Å². The quantitative estimate of drug-likeness (QED) is 0.671. The van der Waals surface area contributed by atoms with Gasteiger partial charge in [0.1, 0.15) is 5.69 Å². The molecule has 0 aromatic carbocycles. The molecule has 0 atom stereocenters. The maximum Gasteiger partial charge on any atom is 0.114 e. The van der Waals surface area contributed by atoms with Gasteiger partial charge >= 0.3 is 0 Å². The third-order valence-corrected chi connectivity index (χ3v) is 2.82. The van der Waals surface area contributed by atoms with Crippen LogP contribution < -0.4 is 0 Å². The Kier molecular flexibility index (Phi) is 6.81. The fourth-order valence-corrected chi connectivity index (χ4v) is 1.83. The first-order chi connectivity index (χ1) is 8.33. The third-order valence-electron chi connectivity index (χ3n) is 2.82. The molecule has 0 aliphatic heterocycles. The molecule has 0 radical (unpaired) electrons. The number of aliphatic hydroxyl groups is 1. The van der Waals surface area contributed by atoms with Crippen molar-refractivity contribution >= 4 is 0 Å². The van der Waals surface area contributed by atoms with Crippen LogP contribution in [-0.4, -0.2) is 27.2 Å². The first-order valence-electron chi connectivity index (χ1n) is 6.34. The zero-order valence-electron chi connectivity index (χ0n) is 10.9. The number of aromatic nitrogens is 3. The molecule has 0 aliphatic rings. The van der Waals surface area contributed by atoms with E-state index < -0.39 is 0 Å². The molecule has 0 fully saturated rings. The van der Waals surface area contributed by atoms with Gasteiger partial charge in [0, 0.05) is 13.7 Å². The van der Waals surface area contributed by atoms with E-state index in [2.05, 4.69) is 17.2 Å². The van der Waals surface area contributed by atoms with Gasteiger partial charge in [0.15, 0.2) is 0 Å². The predicted molar refractivity (Wildman–Crippen MR) is 65.4 cm³/mol. The van der Waals surface area contributed by atoms with Crippen LogP contribution in [0.2, 0.25) is 0 Å². The second-order valence-electron chi connectivity index (χ2n) is 4.21. The molecule has 5 heteroatoms. The van der Waals surface area contributed by atoms with E-state index in [9.17, 15) is 0 Å². The normalized spacial score (nSPS) is 11.0. The number of aryl methyl sites for hydroxylation is 1. The van der Waals surface area contributed by atoms with Crippen LogP contribution in [0.15, 0.2) is 0 Å². The van der Waals surface area contributed by atoms with Crippen molar-refractivity contribution in [2.45, 2.75) is 58.8 Å². The molecule has 1 heterocycles. The lowest BCUT2D eigenvalue weighted by Gasteiger charge is -2.06. The Balaban J connectivity index is 2.43. The number of aliphatic hydroxyl groups excluding tert-OH is 1. The Morgan fingerprint density at radius 2 is 2.00 bits per heavy atom. The Bertz CT molecular complexity index is 313. The number of hydrogen-bond donors (Lipinski definition) is 1. The highest BCUT2D eigenvalue weighted by molar-refractivity contribution is 5.07. The molecule has 0 amide bonds. The van der Waals surface area contributed by atoms with Crippen LogP contribution in [0.1, 0.15) is 50.4 Å². The monoisotopic (exact) mass is 241 g/mol. The van der Waals surface area contributed by atoms with E-state index >= 15 is 0 Å². The van der Waals surface area contributed by atoms with Gasteiger partial charge < -0.3 is 9.84 Å². The van der Waals surface area contributed by atoms with Crippen molar-refractivity contribution in [3.63, 3.8) is 0 Å². The lowest BCUT2D eigenvalue weighted by molar-refractivity contribution is 0.172. The maximum atomic E-state index is 9.13. The molecular weight excluding hydrogens is 218 g/mol. The van der Waals surface area contributed by atoms with Gasteiger partial charge in [0.25, 0.3) is 0 Å². The summed E-state index contributed by atoms with van der Waals surface area (Å²) >= 11 is 0. The van der Waals surface area contributed by atoms with Crippen molar-refractivity contribution in [3.8, 4) is 0 Å². The van der Waals surface area contributed by atoms with E-state index in [1.165, 1.54) is 25.7 Å². The summed E-state index contributed by atoms with van der Waals surface area (Å²) in [5.74, 6) is 0. The van der Waals surface area contributed by atoms with Crippen molar-refractivity contribution in [3.05, 3.63) is 11.4 Å². The molecule has 0 spiro atoms. The minimum absolute atomic E-state index is 0.0749. The molecule has 0 bridgehead atoms. The van der Waals surface area contributed by atoms with Crippen molar-refractivity contribution < 1.29 is 9.84 Å². The Morgan fingerprint density at radius 3 is 2.65 bits per heavy atom. The molecule has 5 nitrogen and oxygen atoms in total. The number of methoxy groups -OCH3 is 1. The molecule has 98 valence electrons. The molecule has 0 saturated carbocycles. The summed E-state index contributed by atoms with van der Waals surface area (Å²) in [5, 5.41) is 17.1. The standard InChI is InChI=1S/C12H23N3O2/c1-3-4-5-6-7-8-15-12(10-17-2)11(9-16)13-14-15/h16H,3-10H2,1-2H3. The summed E-state index contributed by atoms with van der Waals surface area (Å²) in [6.45, 7) is 3.45. The largest absolute Gasteiger partial charge is 0.390 e. The van der Waals surface area contributed by atoms with Gasteiger partial charge in [-0.1, -0.05) is 37.8 Å². The average molecular weight is 241 g/mol. The zero-order chi connectivity index (χ0) is 12.5. The van der Waals surface area contributed by atoms with Gasteiger partial charge in [0.05, 0.1) is 18.9 Å². The van der Waals surface area contributed by atoms with Crippen molar-refractivity contribution in [2.24, 2.45) is 0 Å². The van der Waals surface area contributed by atoms with Gasteiger partial charge in [-0.3, -0.25) is 0 Å². The number of rotatable bonds is 9. The first kappa shape index (κ1) is 14.1. The molecule has 17 heavy (non-hydrogen) atoms. The van der Waals surface area contributed by atoms with E-state index in [1.54, 1.807) is 7.11 Å². The van der Waals surface area contributed by atoms with Crippen LogP contribution in [-0.2, 0) is 24.5 Å². The van der Waals surface area contributed by atoms with Crippen molar-refractivity contribution in [1.82, 2.24) is 15.0 Å². The molecule has 1 aromatic rings. The molecule has 0 unspecified atom stereocenters. The number of ether oxygens (including phenoxy) is 1. The van der Waals surface area contributed by atoms with Crippen LogP contribution in [0.25, 0.3) is 0 Å². The highest BCUT2D eigenvalue weighted by Crippen LogP contribution is 2.10. The topological polar surface area (TPSA) is 60.2 Å². The number of unbranched alkanes of at least 4 members (excludes halogenated alkanes) is 4. The van der Waals surface area contributed by atoms with Gasteiger partial charge in [-0.15, -0.1) is 5.10 Å². The fraction of sp³-hybridized carbons (Fsp3) is 0.833. The minimum atomic E-state index is -0.0749. The smallest absolute Gasteiger partial charge is 0.114 e. The summed E-state index contributed by atoms with van der Waals surface area (Å²) < 4.78 is 6.95. The fourth-order valence-electron chi connectivity index (χ4n) is 1.83. The van der Waals surface area contributed by atoms with Gasteiger partial charge in [-0.25, -0.2) is 4.68 Å². The van der Waals surface area contributed by atoms with Gasteiger partial charge in [-0.2, -0.15) is 0 Å². The van der Waals surface area contributed by atoms with Crippen LogP contribution in [0.4, 0.5) is 0 Å². The minimum Gasteiger partial charge on any atom is -0.390 e. The molecular formula is C12H23N3O2. The van der Waals surface area contributed by atoms with Crippen LogP contribution in [0.5, 0.6) is 0 Å². The first-order valence-corrected chi connectivity index (χ1v) is 6.34. The maximum absolute atomic E-state index is 9.13. The number of nitrogens with zero attached hydrogens (tertiary/aromatic N) is 3. The summed E-state index contributed by atoms with van der Waals surface area (Å²) in [6, 6.07) is 0. The highest BCUT2D eigenvalue weighted by Gasteiger charge is 2.11. The Hall–Kier alpha value is -0.940. The zero-order valence-corrected chi connectivity index (χ0v) is 10.9. The number of hydrogen-bond acceptors (Lipinski definition) is 4. The van der Waals surface area contributed by atoms with Crippen LogP contribution >= 0.6 is 0 Å². The lowest BCUT2D eigenvalue weighted by Crippen LogP contribution is -2.07. The van der Waals surface area contributed by atoms with Crippen LogP contribution in [0, 0.1) is 0 Å². The highest BCUT2D eigenvalue weighted by atomic mass is 16.5. The van der Waals surface area contributed by atoms with Crippen LogP contribution in [0.3, 0.4) is 0 Å². The molecule has 1 N–H and O–H groups in total. The summed E-state index contributed by atoms with van der Waals surface area (Å²) in [6.07, 6.45) is 6.15. The summed E-state index contributed by atoms with van der Waals surface area (Å²) in [4.78, 5) is 0. The molecule has 1 rings (SSSR count). The molecule has 0 saturated heterocycles. The third kappa shape index (κ3) is 4.44. The summed E-state index contributed by atoms with van der Waals surface area (Å²) in [7, 11) is 1.64. The predicted octanol–water partition coefficient (Wildman–Crippen LogP) is 1.89. The van der Waals surface area contributed by atoms with Gasteiger partial charge in [-0.05, 0) is 6.42 Å². The van der Waals surface area contributed by atoms with E-state index in [4.69, 9.17) is 9.84 Å². The lowest BCUT2D eigenvalue weighted by atomic mass is 10.1. The van der Waals surface area contributed by atoms with Gasteiger partial charge in [0.2, 0.25) is 0 Å². The van der Waals surface area contributed by atoms with Crippen molar-refractivity contribution in [2.75, 3.05) is 7.11 Å². The van der Waals surface area contributed by atoms with E-state index in [0.717, 1.165) is 18.7 Å². The van der Waals surface area contributed by atoms with E-state index in [-0.39, 0.29) is 6.61 Å². The second-order valence-corrected chi connectivity index (χ2v) is 4.21. The molecule has 0 aliphatic carbocycles. The van der Waals surface area contributed by atoms with E-state index in [0.29, 0.717) is 12.3 Å². The molecule has 1 aromatic heterocycles. The Labute approximate surface area is 103 Å². The summed E-state index contributed by atoms with van der Waals surface area (Å²) in [5.41, 5.74) is 1.52. The Morgan fingerprint density at radius 1 is 1.24 bits per heavy atom. The SMILES string of the molecule is CCCCCCCn1nnc(CO)c1COC. The van der Waals surface area contributed by atoms with Crippen molar-refractivity contribution in [1.29, 1.82) is 0 Å². The second kappa shape index (κ2) is 8.20. The average Bonchev–Trinajstić information content (AvgIpc) is 2.72.